The minimum atomic E-state index is -0.434. The van der Waals surface area contributed by atoms with E-state index in [2.05, 4.69) is 20.5 Å². The van der Waals surface area contributed by atoms with Crippen molar-refractivity contribution in [2.45, 2.75) is 32.3 Å². The monoisotopic (exact) mass is 486 g/mol. The molecule has 4 aromatic rings. The number of aromatic nitrogens is 5. The maximum atomic E-state index is 12.9. The molecule has 184 valence electrons. The third-order valence-electron chi connectivity index (χ3n) is 5.73. The Kier molecular flexibility index (Phi) is 5.79. The molecule has 10 heteroatoms. The quantitative estimate of drug-likeness (QED) is 0.396. The van der Waals surface area contributed by atoms with Gasteiger partial charge < -0.3 is 14.8 Å². The fraction of sp³-hybridized carbons (Fsp3) is 0.269. The van der Waals surface area contributed by atoms with E-state index >= 15 is 0 Å². The summed E-state index contributed by atoms with van der Waals surface area (Å²) < 4.78 is 15.5. The zero-order valence-electron chi connectivity index (χ0n) is 20.5. The number of benzene rings is 1. The molecule has 1 aliphatic rings. The number of amides is 1. The number of hydrogen-bond donors (Lipinski definition) is 1. The van der Waals surface area contributed by atoms with Crippen molar-refractivity contribution < 1.29 is 19.1 Å². The summed E-state index contributed by atoms with van der Waals surface area (Å²) in [5.74, 6) is 1.52. The average Bonchev–Trinajstić information content (AvgIpc) is 3.51. The van der Waals surface area contributed by atoms with Gasteiger partial charge in [0.25, 0.3) is 5.91 Å². The fourth-order valence-electron chi connectivity index (χ4n) is 4.08. The molecule has 1 aliphatic heterocycles. The first-order valence-electron chi connectivity index (χ1n) is 11.5. The van der Waals surface area contributed by atoms with E-state index in [4.69, 9.17) is 9.47 Å². The molecule has 0 fully saturated rings. The summed E-state index contributed by atoms with van der Waals surface area (Å²) in [6, 6.07) is 10.2. The van der Waals surface area contributed by atoms with E-state index in [1.54, 1.807) is 72.3 Å². The summed E-state index contributed by atoms with van der Waals surface area (Å²) in [7, 11) is 3.58. The molecule has 0 saturated heterocycles. The van der Waals surface area contributed by atoms with Crippen LogP contribution in [0, 0.1) is 0 Å². The predicted molar refractivity (Wildman–Crippen MR) is 132 cm³/mol. The minimum absolute atomic E-state index is 0.135. The number of Topliss-reactive ketones (excluding diaryl/α,β-unsaturated/α-hetero) is 1. The molecule has 1 amide bonds. The van der Waals surface area contributed by atoms with Crippen molar-refractivity contribution in [3.05, 3.63) is 77.5 Å². The first-order valence-corrected chi connectivity index (χ1v) is 11.5. The van der Waals surface area contributed by atoms with Gasteiger partial charge in [0.2, 0.25) is 0 Å². The second kappa shape index (κ2) is 8.95. The molecule has 0 unspecified atom stereocenters. The highest BCUT2D eigenvalue weighted by Gasteiger charge is 2.34. The zero-order chi connectivity index (χ0) is 25.4. The lowest BCUT2D eigenvalue weighted by Crippen LogP contribution is -2.24. The van der Waals surface area contributed by atoms with Crippen molar-refractivity contribution in [3.63, 3.8) is 0 Å². The van der Waals surface area contributed by atoms with Gasteiger partial charge in [0.05, 0.1) is 18.3 Å². The Morgan fingerprint density at radius 3 is 2.53 bits per heavy atom. The lowest BCUT2D eigenvalue weighted by Gasteiger charge is -2.16. The number of anilines is 1. The van der Waals surface area contributed by atoms with Gasteiger partial charge in [-0.2, -0.15) is 10.2 Å². The largest absolute Gasteiger partial charge is 0.487 e. The lowest BCUT2D eigenvalue weighted by atomic mass is 9.99. The van der Waals surface area contributed by atoms with Crippen LogP contribution in [0.2, 0.25) is 0 Å². The SMILES string of the molecule is Cn1ccc(CC(=O)c2ccc(Oc3cc(C(=O)Nc4ccn(C)n4)cc4c3CC(C)(C)O4)cn2)n1. The Morgan fingerprint density at radius 1 is 1.08 bits per heavy atom. The zero-order valence-corrected chi connectivity index (χ0v) is 20.5. The Morgan fingerprint density at radius 2 is 1.86 bits per heavy atom. The van der Waals surface area contributed by atoms with Crippen LogP contribution < -0.4 is 14.8 Å². The second-order valence-corrected chi connectivity index (χ2v) is 9.38. The number of nitrogens with one attached hydrogen (secondary N) is 1. The molecule has 4 heterocycles. The van der Waals surface area contributed by atoms with Gasteiger partial charge in [0.15, 0.2) is 11.6 Å². The summed E-state index contributed by atoms with van der Waals surface area (Å²) in [6.45, 7) is 3.96. The van der Waals surface area contributed by atoms with Crippen LogP contribution in [-0.4, -0.2) is 41.8 Å². The highest BCUT2D eigenvalue weighted by atomic mass is 16.5. The summed E-state index contributed by atoms with van der Waals surface area (Å²) in [4.78, 5) is 29.8. The smallest absolute Gasteiger partial charge is 0.257 e. The molecule has 0 spiro atoms. The number of ketones is 1. The van der Waals surface area contributed by atoms with Gasteiger partial charge in [-0.15, -0.1) is 0 Å². The molecular weight excluding hydrogens is 460 g/mol. The van der Waals surface area contributed by atoms with Crippen LogP contribution in [0.5, 0.6) is 17.2 Å². The van der Waals surface area contributed by atoms with Crippen LogP contribution in [0.3, 0.4) is 0 Å². The molecule has 0 atom stereocenters. The topological polar surface area (TPSA) is 113 Å². The van der Waals surface area contributed by atoms with Crippen LogP contribution >= 0.6 is 0 Å². The number of fused-ring (bicyclic) bond motifs is 1. The number of nitrogens with zero attached hydrogens (tertiary/aromatic N) is 5. The fourth-order valence-corrected chi connectivity index (χ4v) is 4.08. The maximum Gasteiger partial charge on any atom is 0.257 e. The molecule has 5 rings (SSSR count). The second-order valence-electron chi connectivity index (χ2n) is 9.38. The molecular formula is C26H26N6O4. The minimum Gasteiger partial charge on any atom is -0.487 e. The molecule has 0 bridgehead atoms. The number of aryl methyl sites for hydroxylation is 2. The van der Waals surface area contributed by atoms with Gasteiger partial charge in [0.1, 0.15) is 28.5 Å². The van der Waals surface area contributed by atoms with E-state index in [-0.39, 0.29) is 18.1 Å². The van der Waals surface area contributed by atoms with Crippen molar-refractivity contribution in [3.8, 4) is 17.2 Å². The van der Waals surface area contributed by atoms with Gasteiger partial charge in [-0.1, -0.05) is 0 Å². The van der Waals surface area contributed by atoms with Crippen molar-refractivity contribution in [1.82, 2.24) is 24.5 Å². The average molecular weight is 487 g/mol. The maximum absolute atomic E-state index is 12.9. The van der Waals surface area contributed by atoms with E-state index in [0.29, 0.717) is 46.4 Å². The van der Waals surface area contributed by atoms with E-state index < -0.39 is 5.60 Å². The van der Waals surface area contributed by atoms with Crippen LogP contribution in [0.25, 0.3) is 0 Å². The Bertz CT molecular complexity index is 1450. The van der Waals surface area contributed by atoms with E-state index in [1.165, 1.54) is 6.20 Å². The Balaban J connectivity index is 1.37. The van der Waals surface area contributed by atoms with Gasteiger partial charge in [0, 0.05) is 50.1 Å². The van der Waals surface area contributed by atoms with Crippen LogP contribution in [0.15, 0.2) is 55.0 Å². The number of hydrogen-bond acceptors (Lipinski definition) is 7. The summed E-state index contributed by atoms with van der Waals surface area (Å²) in [5, 5.41) is 11.2. The Labute approximate surface area is 207 Å². The van der Waals surface area contributed by atoms with Crippen molar-refractivity contribution >= 4 is 17.5 Å². The number of carbonyl (C=O) groups excluding carboxylic acids is 2. The van der Waals surface area contributed by atoms with E-state index in [9.17, 15) is 9.59 Å². The number of pyridine rings is 1. The molecule has 1 N–H and O–H groups in total. The van der Waals surface area contributed by atoms with Gasteiger partial charge in [-0.3, -0.25) is 19.0 Å². The number of rotatable bonds is 7. The van der Waals surface area contributed by atoms with E-state index in [1.807, 2.05) is 13.8 Å². The molecule has 36 heavy (non-hydrogen) atoms. The van der Waals surface area contributed by atoms with Crippen LogP contribution in [-0.2, 0) is 26.9 Å². The highest BCUT2D eigenvalue weighted by molar-refractivity contribution is 6.04. The number of carbonyl (C=O) groups is 2. The molecule has 1 aromatic carbocycles. The van der Waals surface area contributed by atoms with Crippen LogP contribution in [0.4, 0.5) is 5.82 Å². The summed E-state index contributed by atoms with van der Waals surface area (Å²) in [5.41, 5.74) is 1.82. The summed E-state index contributed by atoms with van der Waals surface area (Å²) in [6.07, 6.45) is 5.83. The van der Waals surface area contributed by atoms with Gasteiger partial charge in [-0.25, -0.2) is 4.98 Å². The van der Waals surface area contributed by atoms with E-state index in [0.717, 1.165) is 5.56 Å². The standard InChI is InChI=1S/C26H26N6O4/c1-26(2)14-19-22(11-16(12-23(19)36-26)25(34)28-24-8-10-32(4)30-24)35-18-5-6-20(27-15-18)21(33)13-17-7-9-31(3)29-17/h5-12,15H,13-14H2,1-4H3,(H,28,30,34). The highest BCUT2D eigenvalue weighted by Crippen LogP contribution is 2.43. The predicted octanol–water partition coefficient (Wildman–Crippen LogP) is 3.73. The van der Waals surface area contributed by atoms with Crippen molar-refractivity contribution in [2.75, 3.05) is 5.32 Å². The molecule has 10 nitrogen and oxygen atoms in total. The third kappa shape index (κ3) is 4.97. The van der Waals surface area contributed by atoms with Crippen molar-refractivity contribution in [1.29, 1.82) is 0 Å². The number of ether oxygens (including phenoxy) is 2. The first-order chi connectivity index (χ1) is 17.1. The molecule has 0 radical (unpaired) electrons. The third-order valence-corrected chi connectivity index (χ3v) is 5.73. The molecule has 0 saturated carbocycles. The molecule has 0 aliphatic carbocycles. The summed E-state index contributed by atoms with van der Waals surface area (Å²) >= 11 is 0. The lowest BCUT2D eigenvalue weighted by molar-refractivity contribution is 0.0985. The van der Waals surface area contributed by atoms with Crippen LogP contribution in [0.1, 0.15) is 46.0 Å². The Hall–Kier alpha value is -4.47. The van der Waals surface area contributed by atoms with Gasteiger partial charge in [-0.05, 0) is 44.2 Å². The molecule has 3 aromatic heterocycles. The van der Waals surface area contributed by atoms with Gasteiger partial charge >= 0.3 is 0 Å². The normalized spacial score (nSPS) is 13.7. The first kappa shape index (κ1) is 23.3. The van der Waals surface area contributed by atoms with Crippen molar-refractivity contribution in [2.24, 2.45) is 14.1 Å².